The summed E-state index contributed by atoms with van der Waals surface area (Å²) in [7, 11) is 0. The van der Waals surface area contributed by atoms with Gasteiger partial charge in [0.25, 0.3) is 0 Å². The van der Waals surface area contributed by atoms with E-state index in [1.807, 2.05) is 0 Å². The van der Waals surface area contributed by atoms with Crippen LogP contribution in [0.3, 0.4) is 0 Å². The number of hydrogen-bond acceptors (Lipinski definition) is 30. The molecule has 34 heteroatoms. The van der Waals surface area contributed by atoms with Crippen LogP contribution < -0.4 is 21.3 Å². The highest BCUT2D eigenvalue weighted by Gasteiger charge is 2.60. The van der Waals surface area contributed by atoms with Gasteiger partial charge in [-0.2, -0.15) is 0 Å². The van der Waals surface area contributed by atoms with Gasteiger partial charge in [-0.15, -0.1) is 0 Å². The van der Waals surface area contributed by atoms with Gasteiger partial charge < -0.3 is 102 Å². The monoisotopic (exact) mass is 1210 g/mol. The van der Waals surface area contributed by atoms with Crippen LogP contribution >= 0.6 is 0 Å². The van der Waals surface area contributed by atoms with Crippen molar-refractivity contribution in [3.8, 4) is 0 Å². The van der Waals surface area contributed by atoms with Crippen molar-refractivity contribution in [2.24, 2.45) is 0 Å². The summed E-state index contributed by atoms with van der Waals surface area (Å²) in [5.41, 5.74) is 0. The summed E-state index contributed by atoms with van der Waals surface area (Å²) in [4.78, 5) is 166. The third-order valence-corrected chi connectivity index (χ3v) is 12.3. The van der Waals surface area contributed by atoms with Crippen LogP contribution in [0.2, 0.25) is 0 Å². The summed E-state index contributed by atoms with van der Waals surface area (Å²) in [6.07, 6.45) is -29.0. The first-order valence-electron chi connectivity index (χ1n) is 26.0. The van der Waals surface area contributed by atoms with Crippen LogP contribution in [-0.2, 0) is 138 Å². The minimum atomic E-state index is -2.05. The molecule has 0 radical (unpaired) electrons. The minimum Gasteiger partial charge on any atom is -0.463 e. The van der Waals surface area contributed by atoms with Crippen LogP contribution in [0, 0.1) is 0 Å². The number of esters is 9. The van der Waals surface area contributed by atoms with Gasteiger partial charge in [-0.1, -0.05) is 0 Å². The summed E-state index contributed by atoms with van der Waals surface area (Å²) in [5, 5.41) is 21.1. The normalized spacial score (nSPS) is 32.7. The summed E-state index contributed by atoms with van der Waals surface area (Å²) in [5.74, 6) is -11.9. The Morgan fingerprint density at radius 1 is 0.298 bits per heavy atom. The number of carbonyl (C=O) groups is 13. The van der Waals surface area contributed by atoms with Crippen LogP contribution in [0.15, 0.2) is 0 Å². The number of aliphatic hydroxyl groups is 1. The molecule has 0 saturated carbocycles. The molecule has 84 heavy (non-hydrogen) atoms. The van der Waals surface area contributed by atoms with Gasteiger partial charge in [-0.05, 0) is 0 Å². The predicted molar refractivity (Wildman–Crippen MR) is 266 cm³/mol. The predicted octanol–water partition coefficient (Wildman–Crippen LogP) is -4.04. The quantitative estimate of drug-likeness (QED) is 0.0480. The maximum atomic E-state index is 13.4. The topological polar surface area (TPSA) is 438 Å². The second-order valence-electron chi connectivity index (χ2n) is 19.5. The highest BCUT2D eigenvalue weighted by atomic mass is 16.8. The Hall–Kier alpha value is -7.21. The Morgan fingerprint density at radius 3 is 0.762 bits per heavy atom. The summed E-state index contributed by atoms with van der Waals surface area (Å²) in [6.45, 7) is 10.0. The first kappa shape index (κ1) is 69.3. The molecule has 5 N–H and O–H groups in total. The van der Waals surface area contributed by atoms with Crippen LogP contribution in [0.4, 0.5) is 0 Å². The third kappa shape index (κ3) is 20.5. The van der Waals surface area contributed by atoms with E-state index < -0.39 is 226 Å². The molecule has 0 aromatic carbocycles. The second kappa shape index (κ2) is 31.6. The number of carbonyl (C=O) groups excluding carboxylic acids is 13. The summed E-state index contributed by atoms with van der Waals surface area (Å²) in [6, 6.07) is -6.89. The molecule has 4 aliphatic rings. The van der Waals surface area contributed by atoms with Crippen molar-refractivity contribution < 1.29 is 143 Å². The molecular weight excluding hydrogens is 1140 g/mol. The molecule has 0 bridgehead atoms. The molecule has 4 unspecified atom stereocenters. The van der Waals surface area contributed by atoms with Crippen molar-refractivity contribution in [1.29, 1.82) is 0 Å². The molecule has 4 heterocycles. The molecule has 0 aromatic heterocycles. The molecule has 0 aromatic rings. The highest BCUT2D eigenvalue weighted by Crippen LogP contribution is 2.38. The Balaban J connectivity index is 1.97. The van der Waals surface area contributed by atoms with E-state index in [4.69, 9.17) is 75.8 Å². The maximum absolute atomic E-state index is 13.4. The average Bonchev–Trinajstić information content (AvgIpc) is 0.958. The van der Waals surface area contributed by atoms with Crippen LogP contribution in [0.1, 0.15) is 90.0 Å². The molecular formula is C50H72N4O30. The van der Waals surface area contributed by atoms with Crippen LogP contribution in [0.25, 0.3) is 0 Å². The number of aliphatic hydroxyl groups excluding tert-OH is 1. The lowest BCUT2D eigenvalue weighted by molar-refractivity contribution is -0.362. The molecule has 4 rings (SSSR count). The van der Waals surface area contributed by atoms with Gasteiger partial charge >= 0.3 is 53.7 Å². The molecule has 0 aliphatic carbocycles. The molecule has 4 saturated heterocycles. The number of hydrogen-bond donors (Lipinski definition) is 5. The van der Waals surface area contributed by atoms with Crippen molar-refractivity contribution in [3.05, 3.63) is 0 Å². The molecule has 34 nitrogen and oxygen atoms in total. The number of nitrogens with one attached hydrogen (secondary N) is 4. The SMILES string of the molecule is CC(=O)N[C@@H]1[C@H](O[C@@H]2C(COC(C)=O)O[C@@H](O[C@@H]3C(COC(C)=O)O[C@@H](O[C@@H]4C(COC(C)=O)O[C@@H](O)[C@@H](NC(C)=O)[C@H]4OC(C)=O)[C@@H](NC(C)=O)[C@H]3OC(C)=O)[C@@H](NC(C)=O)[C@H]2OC(C)=O)OC(COC(C)=O)[C@@H](OC(C)=O)[C@@H]1OC(C)=O. The van der Waals surface area contributed by atoms with Gasteiger partial charge in [0.05, 0.1) is 0 Å². The summed E-state index contributed by atoms with van der Waals surface area (Å²) >= 11 is 0. The first-order valence-corrected chi connectivity index (χ1v) is 26.0. The third-order valence-electron chi connectivity index (χ3n) is 12.3. The van der Waals surface area contributed by atoms with E-state index in [2.05, 4.69) is 21.3 Å². The molecule has 20 atom stereocenters. The fourth-order valence-corrected chi connectivity index (χ4v) is 9.48. The van der Waals surface area contributed by atoms with Gasteiger partial charge in [0.2, 0.25) is 23.6 Å². The van der Waals surface area contributed by atoms with E-state index in [-0.39, 0.29) is 0 Å². The molecule has 4 fully saturated rings. The Labute approximate surface area is 480 Å². The average molecular weight is 1210 g/mol. The van der Waals surface area contributed by atoms with Crippen LogP contribution in [0.5, 0.6) is 0 Å². The lowest BCUT2D eigenvalue weighted by atomic mass is 9.92. The Kier molecular flexibility index (Phi) is 26.1. The molecule has 4 amide bonds. The standard InChI is InChI=1S/C50H72N4O30/c1-18(55)51-35-43(74-27(10)64)40(31(78-47(35)68)14-69-22(5)59)82-49-37(53-20(3)57)45(76-29(12)66)42(33(80-49)16-71-24(7)61)84-50-38(54-21(4)58)46(77-30(13)67)41(34(81-50)17-72-25(8)62)83-48-36(52-19(2)56)44(75-28(11)65)39(73-26(9)63)32(79-48)15-70-23(6)60/h31-50,68H,14-17H2,1-13H3,(H,51,55)(H,52,56)(H,53,57)(H,54,58)/t31?,32?,33?,34?,35-,36-,37-,38-,39+,40+,41+,42+,43+,44+,45+,46+,47+,48-,49-,50-/m0/s1. The zero-order chi connectivity index (χ0) is 63.0. The van der Waals surface area contributed by atoms with E-state index in [0.29, 0.717) is 0 Å². The lowest BCUT2D eigenvalue weighted by Crippen LogP contribution is -2.72. The number of ether oxygens (including phenoxy) is 16. The number of amides is 4. The van der Waals surface area contributed by atoms with E-state index in [1.165, 1.54) is 0 Å². The zero-order valence-electron chi connectivity index (χ0n) is 48.2. The van der Waals surface area contributed by atoms with Gasteiger partial charge in [0.1, 0.15) is 93.3 Å². The van der Waals surface area contributed by atoms with Gasteiger partial charge in [0, 0.05) is 90.0 Å². The molecule has 0 spiro atoms. The van der Waals surface area contributed by atoms with Gasteiger partial charge in [-0.25, -0.2) is 0 Å². The van der Waals surface area contributed by atoms with E-state index >= 15 is 0 Å². The van der Waals surface area contributed by atoms with Crippen molar-refractivity contribution in [3.63, 3.8) is 0 Å². The second-order valence-corrected chi connectivity index (χ2v) is 19.5. The molecule has 472 valence electrons. The van der Waals surface area contributed by atoms with E-state index in [1.54, 1.807) is 0 Å². The maximum Gasteiger partial charge on any atom is 0.303 e. The lowest BCUT2D eigenvalue weighted by Gasteiger charge is -2.52. The van der Waals surface area contributed by atoms with Crippen molar-refractivity contribution in [2.45, 2.75) is 213 Å². The highest BCUT2D eigenvalue weighted by molar-refractivity contribution is 5.76. The number of rotatable bonds is 23. The van der Waals surface area contributed by atoms with Crippen molar-refractivity contribution >= 4 is 77.4 Å². The summed E-state index contributed by atoms with van der Waals surface area (Å²) < 4.78 is 94.1. The van der Waals surface area contributed by atoms with Crippen molar-refractivity contribution in [2.75, 3.05) is 26.4 Å². The van der Waals surface area contributed by atoms with E-state index in [0.717, 1.165) is 90.0 Å². The van der Waals surface area contributed by atoms with Gasteiger partial charge in [-0.3, -0.25) is 62.3 Å². The smallest absolute Gasteiger partial charge is 0.303 e. The van der Waals surface area contributed by atoms with Gasteiger partial charge in [0.15, 0.2) is 55.7 Å². The Morgan fingerprint density at radius 2 is 0.512 bits per heavy atom. The fraction of sp³-hybridized carbons (Fsp3) is 0.740. The van der Waals surface area contributed by atoms with Crippen molar-refractivity contribution in [1.82, 2.24) is 21.3 Å². The van der Waals surface area contributed by atoms with E-state index in [9.17, 15) is 67.4 Å². The first-order chi connectivity index (χ1) is 39.3. The zero-order valence-corrected chi connectivity index (χ0v) is 48.2. The minimum absolute atomic E-state index is 0.697. The Bertz CT molecular complexity index is 2430. The fourth-order valence-electron chi connectivity index (χ4n) is 9.48. The van der Waals surface area contributed by atoms with Crippen LogP contribution in [-0.4, -0.2) is 231 Å². The largest absolute Gasteiger partial charge is 0.463 e. The molecule has 4 aliphatic heterocycles.